The molecule has 122 valence electrons. The van der Waals surface area contributed by atoms with Gasteiger partial charge in [-0.3, -0.25) is 0 Å². The number of aliphatic hydroxyl groups is 1. The highest BCUT2D eigenvalue weighted by Crippen LogP contribution is 2.39. The van der Waals surface area contributed by atoms with Crippen molar-refractivity contribution in [2.75, 3.05) is 14.2 Å². The summed E-state index contributed by atoms with van der Waals surface area (Å²) in [5.74, 6) is 1.43. The summed E-state index contributed by atoms with van der Waals surface area (Å²) in [6, 6.07) is 5.83. The lowest BCUT2D eigenvalue weighted by Gasteiger charge is -2.18. The Balaban J connectivity index is 2.20. The minimum atomic E-state index is -0.726. The van der Waals surface area contributed by atoms with Crippen LogP contribution in [0, 0.1) is 0 Å². The fraction of sp³-hybridized carbons (Fsp3) is 0.389. The highest BCUT2D eigenvalue weighted by Gasteiger charge is 2.19. The molecular weight excluding hydrogens is 294 g/mol. The second-order valence-electron chi connectivity index (χ2n) is 6.25. The highest BCUT2D eigenvalue weighted by molar-refractivity contribution is 6.01. The molecule has 0 atom stereocenters. The molecule has 5 heteroatoms. The molecule has 0 unspecified atom stereocenters. The maximum atomic E-state index is 9.96. The maximum absolute atomic E-state index is 9.96. The summed E-state index contributed by atoms with van der Waals surface area (Å²) < 4.78 is 16.6. The number of nitrogens with zero attached hydrogens (tertiary/aromatic N) is 1. The molecule has 1 N–H and O–H groups in total. The second-order valence-corrected chi connectivity index (χ2v) is 6.25. The van der Waals surface area contributed by atoms with E-state index in [9.17, 15) is 5.11 Å². The zero-order chi connectivity index (χ0) is 16.6. The first-order valence-corrected chi connectivity index (χ1v) is 7.58. The van der Waals surface area contributed by atoms with Crippen LogP contribution >= 0.6 is 0 Å². The molecule has 0 spiro atoms. The third-order valence-electron chi connectivity index (χ3n) is 3.97. The fourth-order valence-corrected chi connectivity index (χ4v) is 2.80. The molecule has 3 rings (SSSR count). The van der Waals surface area contributed by atoms with Crippen molar-refractivity contribution in [3.63, 3.8) is 0 Å². The van der Waals surface area contributed by atoms with E-state index < -0.39 is 5.60 Å². The van der Waals surface area contributed by atoms with E-state index in [4.69, 9.17) is 13.9 Å². The van der Waals surface area contributed by atoms with Crippen LogP contribution in [-0.4, -0.2) is 29.9 Å². The standard InChI is InChI=1S/C18H21NO4/c1-18(2,20)9-7-11-5-6-12-14(15(11)21-3)19-17-13(8-10-23-17)16(12)22-4/h5-6,8,10,20H,7,9H2,1-4H3. The number of fused-ring (bicyclic) bond motifs is 2. The van der Waals surface area contributed by atoms with Crippen LogP contribution in [0.3, 0.4) is 0 Å². The first-order valence-electron chi connectivity index (χ1n) is 7.58. The van der Waals surface area contributed by atoms with E-state index in [1.54, 1.807) is 34.3 Å². The Bertz CT molecular complexity index is 845. The SMILES string of the molecule is COc1c2ccoc2nc2c(OC)c(CCC(C)(C)O)ccc12. The Hall–Kier alpha value is -2.27. The second kappa shape index (κ2) is 5.74. The smallest absolute Gasteiger partial charge is 0.230 e. The van der Waals surface area contributed by atoms with Gasteiger partial charge in [-0.2, -0.15) is 0 Å². The van der Waals surface area contributed by atoms with Gasteiger partial charge in [0.05, 0.1) is 31.5 Å². The van der Waals surface area contributed by atoms with Crippen LogP contribution in [0.4, 0.5) is 0 Å². The molecule has 1 aromatic carbocycles. The van der Waals surface area contributed by atoms with Gasteiger partial charge in [-0.25, -0.2) is 4.98 Å². The summed E-state index contributed by atoms with van der Waals surface area (Å²) in [5.41, 5.74) is 1.51. The van der Waals surface area contributed by atoms with E-state index in [2.05, 4.69) is 4.98 Å². The van der Waals surface area contributed by atoms with Crippen LogP contribution in [0.15, 0.2) is 28.9 Å². The average molecular weight is 315 g/mol. The fourth-order valence-electron chi connectivity index (χ4n) is 2.80. The van der Waals surface area contributed by atoms with Gasteiger partial charge in [-0.05, 0) is 44.4 Å². The number of hydrogen-bond acceptors (Lipinski definition) is 5. The number of ether oxygens (including phenoxy) is 2. The molecule has 2 heterocycles. The molecular formula is C18H21NO4. The van der Waals surface area contributed by atoms with Crippen LogP contribution in [0.5, 0.6) is 11.5 Å². The van der Waals surface area contributed by atoms with Crippen LogP contribution in [0.2, 0.25) is 0 Å². The Morgan fingerprint density at radius 3 is 2.48 bits per heavy atom. The monoisotopic (exact) mass is 315 g/mol. The van der Waals surface area contributed by atoms with Crippen molar-refractivity contribution < 1.29 is 19.0 Å². The number of hydrogen-bond donors (Lipinski definition) is 1. The van der Waals surface area contributed by atoms with Crippen molar-refractivity contribution in [1.82, 2.24) is 4.98 Å². The van der Waals surface area contributed by atoms with Crippen molar-refractivity contribution in [3.8, 4) is 11.5 Å². The van der Waals surface area contributed by atoms with Crippen LogP contribution < -0.4 is 9.47 Å². The number of aromatic nitrogens is 1. The Morgan fingerprint density at radius 2 is 1.83 bits per heavy atom. The van der Waals surface area contributed by atoms with Gasteiger partial charge in [0.1, 0.15) is 17.0 Å². The van der Waals surface area contributed by atoms with Gasteiger partial charge in [0.25, 0.3) is 0 Å². The Labute approximate surface area is 134 Å². The Kier molecular flexibility index (Phi) is 3.90. The zero-order valence-electron chi connectivity index (χ0n) is 13.8. The molecule has 0 fully saturated rings. The molecule has 0 saturated heterocycles. The molecule has 0 aliphatic carbocycles. The normalized spacial score (nSPS) is 12.0. The van der Waals surface area contributed by atoms with E-state index in [0.717, 1.165) is 22.1 Å². The third-order valence-corrected chi connectivity index (χ3v) is 3.97. The van der Waals surface area contributed by atoms with Gasteiger partial charge in [-0.15, -0.1) is 0 Å². The van der Waals surface area contributed by atoms with Gasteiger partial charge < -0.3 is 19.0 Å². The van der Waals surface area contributed by atoms with Crippen molar-refractivity contribution in [3.05, 3.63) is 30.0 Å². The third kappa shape index (κ3) is 2.84. The first kappa shape index (κ1) is 15.6. The lowest BCUT2D eigenvalue weighted by Crippen LogP contribution is -2.19. The van der Waals surface area contributed by atoms with Crippen molar-refractivity contribution in [2.24, 2.45) is 0 Å². The average Bonchev–Trinajstić information content (AvgIpc) is 2.97. The largest absolute Gasteiger partial charge is 0.495 e. The van der Waals surface area contributed by atoms with Gasteiger partial charge in [0.15, 0.2) is 0 Å². The Morgan fingerprint density at radius 1 is 1.09 bits per heavy atom. The van der Waals surface area contributed by atoms with Crippen molar-refractivity contribution in [1.29, 1.82) is 0 Å². The summed E-state index contributed by atoms with van der Waals surface area (Å²) in [5, 5.41) is 11.7. The van der Waals surface area contributed by atoms with Gasteiger partial charge in [0, 0.05) is 5.39 Å². The predicted octanol–water partition coefficient (Wildman–Crippen LogP) is 3.70. The molecule has 0 radical (unpaired) electrons. The summed E-state index contributed by atoms with van der Waals surface area (Å²) in [6.07, 6.45) is 2.93. The number of aryl methyl sites for hydroxylation is 1. The molecule has 2 aromatic heterocycles. The molecule has 0 aliphatic heterocycles. The quantitative estimate of drug-likeness (QED) is 0.777. The van der Waals surface area contributed by atoms with Crippen LogP contribution in [-0.2, 0) is 6.42 Å². The molecule has 0 bridgehead atoms. The van der Waals surface area contributed by atoms with E-state index >= 15 is 0 Å². The minimum Gasteiger partial charge on any atom is -0.495 e. The zero-order valence-corrected chi connectivity index (χ0v) is 13.8. The number of methoxy groups -OCH3 is 2. The number of furan rings is 1. The van der Waals surface area contributed by atoms with E-state index in [1.165, 1.54) is 0 Å². The summed E-state index contributed by atoms with van der Waals surface area (Å²) in [7, 11) is 3.26. The molecule has 5 nitrogen and oxygen atoms in total. The summed E-state index contributed by atoms with van der Waals surface area (Å²) in [4.78, 5) is 4.59. The van der Waals surface area contributed by atoms with E-state index in [-0.39, 0.29) is 0 Å². The number of benzene rings is 1. The van der Waals surface area contributed by atoms with Crippen molar-refractivity contribution >= 4 is 22.0 Å². The van der Waals surface area contributed by atoms with Crippen LogP contribution in [0.25, 0.3) is 22.0 Å². The topological polar surface area (TPSA) is 64.7 Å². The first-order chi connectivity index (χ1) is 10.9. The minimum absolute atomic E-state index is 0.521. The molecule has 23 heavy (non-hydrogen) atoms. The summed E-state index contributed by atoms with van der Waals surface area (Å²) >= 11 is 0. The van der Waals surface area contributed by atoms with E-state index in [0.29, 0.717) is 29.8 Å². The molecule has 0 amide bonds. The van der Waals surface area contributed by atoms with Crippen LogP contribution in [0.1, 0.15) is 25.8 Å². The van der Waals surface area contributed by atoms with Gasteiger partial charge in [-0.1, -0.05) is 6.07 Å². The van der Waals surface area contributed by atoms with Crippen molar-refractivity contribution in [2.45, 2.75) is 32.3 Å². The van der Waals surface area contributed by atoms with Gasteiger partial charge >= 0.3 is 0 Å². The van der Waals surface area contributed by atoms with E-state index in [1.807, 2.05) is 18.2 Å². The summed E-state index contributed by atoms with van der Waals surface area (Å²) in [6.45, 7) is 3.60. The number of rotatable bonds is 5. The molecule has 0 saturated carbocycles. The lowest BCUT2D eigenvalue weighted by molar-refractivity contribution is 0.0712. The highest BCUT2D eigenvalue weighted by atomic mass is 16.5. The maximum Gasteiger partial charge on any atom is 0.230 e. The number of pyridine rings is 1. The molecule has 3 aromatic rings. The van der Waals surface area contributed by atoms with Gasteiger partial charge in [0.2, 0.25) is 5.71 Å². The predicted molar refractivity (Wildman–Crippen MR) is 89.2 cm³/mol. The lowest BCUT2D eigenvalue weighted by atomic mass is 9.97. The molecule has 0 aliphatic rings.